The number of hydrogen-bond donors (Lipinski definition) is 1. The van der Waals surface area contributed by atoms with Gasteiger partial charge in [0.1, 0.15) is 0 Å². The molecule has 0 saturated carbocycles. The van der Waals surface area contributed by atoms with Gasteiger partial charge in [-0.2, -0.15) is 4.31 Å². The van der Waals surface area contributed by atoms with E-state index < -0.39 is 10.0 Å². The minimum atomic E-state index is -3.46. The van der Waals surface area contributed by atoms with Crippen molar-refractivity contribution in [1.82, 2.24) is 4.31 Å². The maximum Gasteiger partial charge on any atom is 0.243 e. The molecule has 1 aliphatic rings. The van der Waals surface area contributed by atoms with Crippen molar-refractivity contribution in [1.29, 1.82) is 0 Å². The molecule has 1 aliphatic heterocycles. The van der Waals surface area contributed by atoms with Crippen molar-refractivity contribution in [2.24, 2.45) is 0 Å². The fraction of sp³-hybridized carbons (Fsp3) is 0.538. The van der Waals surface area contributed by atoms with Gasteiger partial charge in [-0.25, -0.2) is 8.42 Å². The molecule has 1 aromatic rings. The minimum Gasteiger partial charge on any atom is -0.398 e. The van der Waals surface area contributed by atoms with Gasteiger partial charge < -0.3 is 10.5 Å². The van der Waals surface area contributed by atoms with Crippen LogP contribution in [-0.2, 0) is 14.8 Å². The summed E-state index contributed by atoms with van der Waals surface area (Å²) in [7, 11) is -3.46. The number of benzene rings is 1. The summed E-state index contributed by atoms with van der Waals surface area (Å²) < 4.78 is 32.8. The summed E-state index contributed by atoms with van der Waals surface area (Å²) in [6.45, 7) is 3.60. The molecule has 1 saturated heterocycles. The molecule has 0 bridgehead atoms. The monoisotopic (exact) mass is 362 g/mol. The van der Waals surface area contributed by atoms with E-state index in [0.717, 1.165) is 12.8 Å². The van der Waals surface area contributed by atoms with Crippen LogP contribution in [0.2, 0.25) is 0 Å². The van der Waals surface area contributed by atoms with Crippen LogP contribution in [0.15, 0.2) is 27.6 Å². The average Bonchev–Trinajstić information content (AvgIpc) is 2.43. The van der Waals surface area contributed by atoms with E-state index in [4.69, 9.17) is 10.5 Å². The second-order valence-corrected chi connectivity index (χ2v) is 7.53. The molecule has 0 atom stereocenters. The second kappa shape index (κ2) is 6.43. The Balaban J connectivity index is 2.13. The van der Waals surface area contributed by atoms with Gasteiger partial charge in [0, 0.05) is 29.9 Å². The minimum absolute atomic E-state index is 0.168. The lowest BCUT2D eigenvalue weighted by atomic mass is 10.1. The van der Waals surface area contributed by atoms with E-state index in [2.05, 4.69) is 15.9 Å². The molecule has 0 unspecified atom stereocenters. The molecule has 2 N–H and O–H groups in total. The van der Waals surface area contributed by atoms with Gasteiger partial charge in [0.2, 0.25) is 10.0 Å². The molecular formula is C13H19BrN2O3S. The Morgan fingerprint density at radius 1 is 1.40 bits per heavy atom. The van der Waals surface area contributed by atoms with Gasteiger partial charge in [-0.05, 0) is 53.9 Å². The molecule has 0 amide bonds. The number of nitrogens with two attached hydrogens (primary N) is 1. The van der Waals surface area contributed by atoms with Crippen LogP contribution in [0, 0.1) is 0 Å². The van der Waals surface area contributed by atoms with Crippen LogP contribution in [0.1, 0.15) is 19.8 Å². The van der Waals surface area contributed by atoms with Crippen molar-refractivity contribution in [3.05, 3.63) is 22.7 Å². The van der Waals surface area contributed by atoms with Crippen LogP contribution < -0.4 is 5.73 Å². The van der Waals surface area contributed by atoms with E-state index in [1.807, 2.05) is 6.92 Å². The smallest absolute Gasteiger partial charge is 0.243 e. The lowest BCUT2D eigenvalue weighted by Crippen LogP contribution is -2.40. The summed E-state index contributed by atoms with van der Waals surface area (Å²) in [5, 5.41) is 0. The number of sulfonamides is 1. The first kappa shape index (κ1) is 15.8. The SMILES string of the molecule is CCOC1CCN(S(=O)(=O)c2ccc(Br)c(N)c2)CC1. The Morgan fingerprint density at radius 2 is 2.05 bits per heavy atom. The number of anilines is 1. The molecule has 1 heterocycles. The van der Waals surface area contributed by atoms with E-state index in [0.29, 0.717) is 29.9 Å². The molecule has 112 valence electrons. The van der Waals surface area contributed by atoms with Gasteiger partial charge in [0.25, 0.3) is 0 Å². The molecule has 0 aliphatic carbocycles. The third-order valence-electron chi connectivity index (χ3n) is 3.41. The summed E-state index contributed by atoms with van der Waals surface area (Å²) in [4.78, 5) is 0.244. The van der Waals surface area contributed by atoms with Crippen molar-refractivity contribution >= 4 is 31.6 Å². The topological polar surface area (TPSA) is 72.6 Å². The number of nitrogen functional groups attached to an aromatic ring is 1. The quantitative estimate of drug-likeness (QED) is 0.833. The number of piperidine rings is 1. The van der Waals surface area contributed by atoms with Crippen molar-refractivity contribution < 1.29 is 13.2 Å². The summed E-state index contributed by atoms with van der Waals surface area (Å²) in [5.74, 6) is 0. The van der Waals surface area contributed by atoms with Gasteiger partial charge >= 0.3 is 0 Å². The molecule has 1 aromatic carbocycles. The number of hydrogen-bond acceptors (Lipinski definition) is 4. The average molecular weight is 363 g/mol. The standard InChI is InChI=1S/C13H19BrN2O3S/c1-2-19-10-5-7-16(8-6-10)20(17,18)11-3-4-12(14)13(15)9-11/h3-4,9-10H,2,5-8,15H2,1H3. The summed E-state index contributed by atoms with van der Waals surface area (Å²) in [5.41, 5.74) is 6.18. The highest BCUT2D eigenvalue weighted by Gasteiger charge is 2.29. The zero-order chi connectivity index (χ0) is 14.8. The largest absolute Gasteiger partial charge is 0.398 e. The molecule has 2 rings (SSSR count). The molecule has 7 heteroatoms. The number of nitrogens with zero attached hydrogens (tertiary/aromatic N) is 1. The first-order chi connectivity index (χ1) is 9.45. The van der Waals surface area contributed by atoms with Crippen LogP contribution >= 0.6 is 15.9 Å². The van der Waals surface area contributed by atoms with Gasteiger partial charge in [-0.1, -0.05) is 0 Å². The van der Waals surface area contributed by atoms with E-state index in [-0.39, 0.29) is 11.0 Å². The highest BCUT2D eigenvalue weighted by Crippen LogP contribution is 2.26. The molecular weight excluding hydrogens is 344 g/mol. The Bertz CT molecular complexity index is 569. The third kappa shape index (κ3) is 3.33. The second-order valence-electron chi connectivity index (χ2n) is 4.74. The molecule has 0 aromatic heterocycles. The van der Waals surface area contributed by atoms with Crippen LogP contribution in [-0.4, -0.2) is 38.5 Å². The lowest BCUT2D eigenvalue weighted by molar-refractivity contribution is 0.0290. The van der Waals surface area contributed by atoms with E-state index >= 15 is 0 Å². The number of rotatable bonds is 4. The molecule has 1 fully saturated rings. The van der Waals surface area contributed by atoms with Gasteiger partial charge in [0.05, 0.1) is 11.0 Å². The fourth-order valence-electron chi connectivity index (χ4n) is 2.31. The van der Waals surface area contributed by atoms with Gasteiger partial charge in [0.15, 0.2) is 0 Å². The van der Waals surface area contributed by atoms with Crippen molar-refractivity contribution in [2.45, 2.75) is 30.8 Å². The first-order valence-corrected chi connectivity index (χ1v) is 8.85. The molecule has 0 spiro atoms. The van der Waals surface area contributed by atoms with Crippen LogP contribution in [0.25, 0.3) is 0 Å². The van der Waals surface area contributed by atoms with Gasteiger partial charge in [-0.15, -0.1) is 0 Å². The highest BCUT2D eigenvalue weighted by molar-refractivity contribution is 9.10. The molecule has 0 radical (unpaired) electrons. The van der Waals surface area contributed by atoms with E-state index in [1.165, 1.54) is 10.4 Å². The van der Waals surface area contributed by atoms with E-state index in [1.54, 1.807) is 12.1 Å². The predicted octanol–water partition coefficient (Wildman–Crippen LogP) is 2.22. The Labute approximate surface area is 128 Å². The summed E-state index contributed by atoms with van der Waals surface area (Å²) >= 11 is 3.27. The van der Waals surface area contributed by atoms with E-state index in [9.17, 15) is 8.42 Å². The molecule has 5 nitrogen and oxygen atoms in total. The van der Waals surface area contributed by atoms with Crippen LogP contribution in [0.4, 0.5) is 5.69 Å². The Kier molecular flexibility index (Phi) is 5.06. The molecule has 20 heavy (non-hydrogen) atoms. The van der Waals surface area contributed by atoms with Crippen molar-refractivity contribution in [3.8, 4) is 0 Å². The number of halogens is 1. The summed E-state index contributed by atoms with van der Waals surface area (Å²) in [6.07, 6.45) is 1.64. The fourth-order valence-corrected chi connectivity index (χ4v) is 4.06. The Hall–Kier alpha value is -0.630. The van der Waals surface area contributed by atoms with Gasteiger partial charge in [-0.3, -0.25) is 0 Å². The number of ether oxygens (including phenoxy) is 1. The third-order valence-corrected chi connectivity index (χ3v) is 6.03. The maximum atomic E-state index is 12.5. The van der Waals surface area contributed by atoms with Crippen molar-refractivity contribution in [3.63, 3.8) is 0 Å². The highest BCUT2D eigenvalue weighted by atomic mass is 79.9. The predicted molar refractivity (Wildman–Crippen MR) is 82.0 cm³/mol. The van der Waals surface area contributed by atoms with Crippen molar-refractivity contribution in [2.75, 3.05) is 25.4 Å². The normalized spacial score (nSPS) is 18.3. The van der Waals surface area contributed by atoms with Crippen LogP contribution in [0.5, 0.6) is 0 Å². The lowest BCUT2D eigenvalue weighted by Gasteiger charge is -2.31. The van der Waals surface area contributed by atoms with Crippen LogP contribution in [0.3, 0.4) is 0 Å². The summed E-state index contributed by atoms with van der Waals surface area (Å²) in [6, 6.07) is 4.73. The zero-order valence-electron chi connectivity index (χ0n) is 11.4. The first-order valence-electron chi connectivity index (χ1n) is 6.62. The Morgan fingerprint density at radius 3 is 2.60 bits per heavy atom. The zero-order valence-corrected chi connectivity index (χ0v) is 13.8. The maximum absolute atomic E-state index is 12.5.